The molecule has 0 aromatic carbocycles. The Morgan fingerprint density at radius 3 is 2.95 bits per heavy atom. The normalized spacial score (nSPS) is 19.7. The molecule has 1 aromatic rings. The fraction of sp³-hybridized carbons (Fsp3) is 0.733. The molecule has 1 fully saturated rings. The number of hydrogen-bond donors (Lipinski definition) is 2. The second kappa shape index (κ2) is 7.68. The first-order valence-electron chi connectivity index (χ1n) is 7.27. The first-order valence-corrected chi connectivity index (χ1v) is 7.27. The molecule has 1 aliphatic rings. The summed E-state index contributed by atoms with van der Waals surface area (Å²) in [5, 5.41) is 13.3. The van der Waals surface area contributed by atoms with E-state index in [1.807, 2.05) is 12.1 Å². The van der Waals surface area contributed by atoms with Gasteiger partial charge in [-0.2, -0.15) is 0 Å². The van der Waals surface area contributed by atoms with Crippen LogP contribution in [0.2, 0.25) is 0 Å². The fourth-order valence-electron chi connectivity index (χ4n) is 2.70. The van der Waals surface area contributed by atoms with Crippen LogP contribution in [0.4, 0.5) is 0 Å². The Kier molecular flexibility index (Phi) is 5.89. The van der Waals surface area contributed by atoms with Crippen molar-refractivity contribution in [2.75, 3.05) is 13.2 Å². The molecule has 0 saturated heterocycles. The molecule has 2 rings (SSSR count). The predicted molar refractivity (Wildman–Crippen MR) is 73.8 cm³/mol. The minimum absolute atomic E-state index is 0.338. The van der Waals surface area contributed by atoms with Gasteiger partial charge in [0.05, 0.1) is 19.0 Å². The molecular formula is C15H25NO3. The van der Waals surface area contributed by atoms with E-state index < -0.39 is 6.10 Å². The second-order valence-electron chi connectivity index (χ2n) is 5.49. The summed E-state index contributed by atoms with van der Waals surface area (Å²) in [7, 11) is 0. The number of ether oxygens (including phenoxy) is 1. The molecule has 108 valence electrons. The number of rotatable bonds is 8. The Bertz CT molecular complexity index is 333. The average molecular weight is 267 g/mol. The molecule has 0 amide bonds. The van der Waals surface area contributed by atoms with E-state index >= 15 is 0 Å². The van der Waals surface area contributed by atoms with Crippen molar-refractivity contribution in [1.82, 2.24) is 5.32 Å². The van der Waals surface area contributed by atoms with Gasteiger partial charge in [-0.1, -0.05) is 12.8 Å². The summed E-state index contributed by atoms with van der Waals surface area (Å²) in [5.41, 5.74) is 0. The van der Waals surface area contributed by atoms with Crippen LogP contribution in [0.3, 0.4) is 0 Å². The van der Waals surface area contributed by atoms with Crippen LogP contribution in [0, 0.1) is 5.92 Å². The third-order valence-electron chi connectivity index (χ3n) is 3.92. The molecule has 1 aliphatic carbocycles. The molecule has 1 saturated carbocycles. The lowest BCUT2D eigenvalue weighted by atomic mass is 10.00. The highest BCUT2D eigenvalue weighted by molar-refractivity contribution is 4.96. The average Bonchev–Trinajstić information content (AvgIpc) is 3.08. The Morgan fingerprint density at radius 2 is 2.26 bits per heavy atom. The first-order chi connectivity index (χ1) is 9.25. The number of nitrogens with one attached hydrogen (secondary N) is 1. The van der Waals surface area contributed by atoms with Crippen molar-refractivity contribution in [2.45, 2.75) is 51.4 Å². The van der Waals surface area contributed by atoms with Crippen LogP contribution < -0.4 is 5.32 Å². The van der Waals surface area contributed by atoms with Crippen LogP contribution in [-0.2, 0) is 11.3 Å². The Labute approximate surface area is 115 Å². The zero-order valence-corrected chi connectivity index (χ0v) is 11.7. The van der Waals surface area contributed by atoms with Gasteiger partial charge in [-0.25, -0.2) is 0 Å². The summed E-state index contributed by atoms with van der Waals surface area (Å²) < 4.78 is 10.6. The molecule has 0 spiro atoms. The van der Waals surface area contributed by atoms with Gasteiger partial charge in [0.1, 0.15) is 12.4 Å². The molecule has 1 aromatic heterocycles. The van der Waals surface area contributed by atoms with Gasteiger partial charge in [-0.15, -0.1) is 0 Å². The van der Waals surface area contributed by atoms with E-state index in [9.17, 15) is 5.11 Å². The van der Waals surface area contributed by atoms with Crippen LogP contribution in [0.15, 0.2) is 22.8 Å². The fourth-order valence-corrected chi connectivity index (χ4v) is 2.70. The highest BCUT2D eigenvalue weighted by Gasteiger charge is 2.21. The molecule has 2 N–H and O–H groups in total. The molecule has 0 aliphatic heterocycles. The quantitative estimate of drug-likeness (QED) is 0.759. The highest BCUT2D eigenvalue weighted by atomic mass is 16.5. The standard InChI is InChI=1S/C15H25NO3/c1-12(13-5-2-3-6-13)16-9-14(17)10-18-11-15-7-4-8-19-15/h4,7-8,12-14,16-17H,2-3,5-6,9-11H2,1H3. The third kappa shape index (κ3) is 4.97. The topological polar surface area (TPSA) is 54.6 Å². The molecule has 2 atom stereocenters. The van der Waals surface area contributed by atoms with Crippen LogP contribution >= 0.6 is 0 Å². The zero-order valence-electron chi connectivity index (χ0n) is 11.7. The van der Waals surface area contributed by atoms with Gasteiger partial charge in [-0.3, -0.25) is 0 Å². The summed E-state index contributed by atoms with van der Waals surface area (Å²) in [6.45, 7) is 3.57. The monoisotopic (exact) mass is 267 g/mol. The minimum atomic E-state index is -0.459. The summed E-state index contributed by atoms with van der Waals surface area (Å²) in [6.07, 6.45) is 6.51. The molecule has 19 heavy (non-hydrogen) atoms. The van der Waals surface area contributed by atoms with Crippen LogP contribution in [0.5, 0.6) is 0 Å². The lowest BCUT2D eigenvalue weighted by Gasteiger charge is -2.22. The van der Waals surface area contributed by atoms with Crippen LogP contribution in [0.1, 0.15) is 38.4 Å². The molecule has 0 radical (unpaired) electrons. The molecule has 2 unspecified atom stereocenters. The Hall–Kier alpha value is -0.840. The lowest BCUT2D eigenvalue weighted by Crippen LogP contribution is -2.39. The number of aliphatic hydroxyl groups is 1. The number of furan rings is 1. The van der Waals surface area contributed by atoms with Gasteiger partial charge in [0.2, 0.25) is 0 Å². The summed E-state index contributed by atoms with van der Waals surface area (Å²) >= 11 is 0. The maximum absolute atomic E-state index is 9.85. The van der Waals surface area contributed by atoms with E-state index in [0.717, 1.165) is 11.7 Å². The van der Waals surface area contributed by atoms with Crippen LogP contribution in [-0.4, -0.2) is 30.4 Å². The van der Waals surface area contributed by atoms with E-state index in [-0.39, 0.29) is 0 Å². The van der Waals surface area contributed by atoms with Gasteiger partial charge < -0.3 is 19.6 Å². The minimum Gasteiger partial charge on any atom is -0.467 e. The van der Waals surface area contributed by atoms with Crippen molar-refractivity contribution < 1.29 is 14.3 Å². The van der Waals surface area contributed by atoms with Crippen LogP contribution in [0.25, 0.3) is 0 Å². The summed E-state index contributed by atoms with van der Waals surface area (Å²) in [6, 6.07) is 4.19. The first kappa shape index (κ1) is 14.6. The van der Waals surface area contributed by atoms with E-state index in [0.29, 0.717) is 25.8 Å². The Balaban J connectivity index is 1.55. The van der Waals surface area contributed by atoms with Crippen molar-refractivity contribution in [1.29, 1.82) is 0 Å². The smallest absolute Gasteiger partial charge is 0.129 e. The molecule has 1 heterocycles. The SMILES string of the molecule is CC(NCC(O)COCc1ccco1)C1CCCC1. The van der Waals surface area contributed by atoms with E-state index in [1.165, 1.54) is 25.7 Å². The molecule has 4 heteroatoms. The van der Waals surface area contributed by atoms with E-state index in [4.69, 9.17) is 9.15 Å². The zero-order chi connectivity index (χ0) is 13.5. The van der Waals surface area contributed by atoms with Gasteiger partial charge in [-0.05, 0) is 37.8 Å². The van der Waals surface area contributed by atoms with Crippen molar-refractivity contribution in [2.24, 2.45) is 5.92 Å². The largest absolute Gasteiger partial charge is 0.467 e. The summed E-state index contributed by atoms with van der Waals surface area (Å²) in [5.74, 6) is 1.57. The maximum Gasteiger partial charge on any atom is 0.129 e. The van der Waals surface area contributed by atoms with Gasteiger partial charge in [0, 0.05) is 12.6 Å². The lowest BCUT2D eigenvalue weighted by molar-refractivity contribution is 0.0210. The van der Waals surface area contributed by atoms with Gasteiger partial charge in [0.15, 0.2) is 0 Å². The molecule has 0 bridgehead atoms. The van der Waals surface area contributed by atoms with E-state index in [1.54, 1.807) is 6.26 Å². The molecular weight excluding hydrogens is 242 g/mol. The van der Waals surface area contributed by atoms with Crippen molar-refractivity contribution >= 4 is 0 Å². The predicted octanol–water partition coefficient (Wildman–Crippen LogP) is 2.33. The van der Waals surface area contributed by atoms with Crippen molar-refractivity contribution in [3.05, 3.63) is 24.2 Å². The number of hydrogen-bond acceptors (Lipinski definition) is 4. The van der Waals surface area contributed by atoms with Crippen molar-refractivity contribution in [3.8, 4) is 0 Å². The maximum atomic E-state index is 9.85. The highest BCUT2D eigenvalue weighted by Crippen LogP contribution is 2.27. The van der Waals surface area contributed by atoms with E-state index in [2.05, 4.69) is 12.2 Å². The Morgan fingerprint density at radius 1 is 1.47 bits per heavy atom. The van der Waals surface area contributed by atoms with Crippen molar-refractivity contribution in [3.63, 3.8) is 0 Å². The van der Waals surface area contributed by atoms with Gasteiger partial charge in [0.25, 0.3) is 0 Å². The second-order valence-corrected chi connectivity index (χ2v) is 5.49. The molecule has 4 nitrogen and oxygen atoms in total. The summed E-state index contributed by atoms with van der Waals surface area (Å²) in [4.78, 5) is 0. The van der Waals surface area contributed by atoms with Gasteiger partial charge >= 0.3 is 0 Å². The number of aliphatic hydroxyl groups excluding tert-OH is 1. The third-order valence-corrected chi connectivity index (χ3v) is 3.92.